The molecule has 0 rings (SSSR count). The first-order valence-corrected chi connectivity index (χ1v) is 13.8. The Kier molecular flexibility index (Phi) is 25.9. The maximum absolute atomic E-state index is 6.09. The van der Waals surface area contributed by atoms with Gasteiger partial charge in [-0.2, -0.15) is 0 Å². The van der Waals surface area contributed by atoms with Crippen molar-refractivity contribution in [3.05, 3.63) is 0 Å². The molecule has 1 atom stereocenters. The molecular formula is C27H58N2. The van der Waals surface area contributed by atoms with Crippen molar-refractivity contribution in [2.45, 2.75) is 167 Å². The van der Waals surface area contributed by atoms with E-state index in [-0.39, 0.29) is 0 Å². The molecule has 2 nitrogen and oxygen atoms in total. The van der Waals surface area contributed by atoms with Gasteiger partial charge in [-0.15, -0.1) is 0 Å². The Hall–Kier alpha value is -0.0800. The molecule has 1 unspecified atom stereocenters. The maximum atomic E-state index is 6.09. The lowest BCUT2D eigenvalue weighted by Gasteiger charge is -2.10. The third kappa shape index (κ3) is 25.9. The van der Waals surface area contributed by atoms with Crippen LogP contribution in [0.1, 0.15) is 161 Å². The van der Waals surface area contributed by atoms with Gasteiger partial charge in [0.1, 0.15) is 0 Å². The number of hydrogen-bond donors (Lipinski definition) is 2. The van der Waals surface area contributed by atoms with Crippen LogP contribution in [0, 0.1) is 0 Å². The van der Waals surface area contributed by atoms with Crippen molar-refractivity contribution in [3.8, 4) is 0 Å². The third-order valence-electron chi connectivity index (χ3n) is 6.46. The van der Waals surface area contributed by atoms with Crippen molar-refractivity contribution in [1.29, 1.82) is 0 Å². The van der Waals surface area contributed by atoms with E-state index in [1.54, 1.807) is 0 Å². The minimum atomic E-state index is 0.388. The van der Waals surface area contributed by atoms with Crippen LogP contribution in [0.2, 0.25) is 0 Å². The van der Waals surface area contributed by atoms with Crippen LogP contribution in [0.5, 0.6) is 0 Å². The molecule has 0 saturated carbocycles. The number of nitrogens with two attached hydrogens (primary N) is 2. The zero-order valence-electron chi connectivity index (χ0n) is 20.4. The van der Waals surface area contributed by atoms with Gasteiger partial charge >= 0.3 is 0 Å². The lowest BCUT2D eigenvalue weighted by atomic mass is 10.0. The van der Waals surface area contributed by atoms with Gasteiger partial charge in [0.15, 0.2) is 0 Å². The summed E-state index contributed by atoms with van der Waals surface area (Å²) in [6.07, 6.45) is 33.7. The van der Waals surface area contributed by atoms with E-state index in [1.807, 2.05) is 0 Å². The smallest absolute Gasteiger partial charge is 0.00392 e. The molecule has 0 spiro atoms. The third-order valence-corrected chi connectivity index (χ3v) is 6.46. The fourth-order valence-electron chi connectivity index (χ4n) is 4.36. The highest BCUT2D eigenvalue weighted by Crippen LogP contribution is 2.15. The summed E-state index contributed by atoms with van der Waals surface area (Å²) in [4.78, 5) is 0. The molecule has 4 N–H and O–H groups in total. The van der Waals surface area contributed by atoms with E-state index in [1.165, 1.54) is 141 Å². The predicted molar refractivity (Wildman–Crippen MR) is 134 cm³/mol. The summed E-state index contributed by atoms with van der Waals surface area (Å²) in [5.74, 6) is 0. The molecule has 0 fully saturated rings. The van der Waals surface area contributed by atoms with E-state index in [2.05, 4.69) is 6.92 Å². The number of unbranched alkanes of at least 4 members (excludes halogenated alkanes) is 20. The van der Waals surface area contributed by atoms with Gasteiger partial charge in [-0.3, -0.25) is 0 Å². The normalized spacial score (nSPS) is 12.5. The van der Waals surface area contributed by atoms with Gasteiger partial charge in [-0.25, -0.2) is 0 Å². The zero-order chi connectivity index (χ0) is 21.3. The van der Waals surface area contributed by atoms with Crippen LogP contribution >= 0.6 is 0 Å². The van der Waals surface area contributed by atoms with Gasteiger partial charge in [0.2, 0.25) is 0 Å². The Labute approximate surface area is 185 Å². The molecule has 0 radical (unpaired) electrons. The first-order valence-electron chi connectivity index (χ1n) is 13.8. The van der Waals surface area contributed by atoms with Crippen LogP contribution < -0.4 is 11.5 Å². The molecule has 0 bridgehead atoms. The van der Waals surface area contributed by atoms with Crippen LogP contribution in [0.25, 0.3) is 0 Å². The van der Waals surface area contributed by atoms with E-state index in [9.17, 15) is 0 Å². The van der Waals surface area contributed by atoms with Gasteiger partial charge in [0, 0.05) is 6.04 Å². The lowest BCUT2D eigenvalue weighted by Crippen LogP contribution is -2.20. The van der Waals surface area contributed by atoms with Crippen LogP contribution in [0.15, 0.2) is 0 Å². The van der Waals surface area contributed by atoms with Crippen molar-refractivity contribution in [3.63, 3.8) is 0 Å². The van der Waals surface area contributed by atoms with Gasteiger partial charge < -0.3 is 11.5 Å². The molecule has 2 heteroatoms. The Morgan fingerprint density at radius 2 is 0.690 bits per heavy atom. The highest BCUT2D eigenvalue weighted by atomic mass is 14.6. The predicted octanol–water partition coefficient (Wildman–Crippen LogP) is 8.65. The van der Waals surface area contributed by atoms with Crippen LogP contribution in [0.3, 0.4) is 0 Å². The second kappa shape index (κ2) is 26.0. The molecule has 0 heterocycles. The largest absolute Gasteiger partial charge is 0.330 e. The molecule has 0 amide bonds. The zero-order valence-corrected chi connectivity index (χ0v) is 20.4. The Morgan fingerprint density at radius 3 is 1.00 bits per heavy atom. The summed E-state index contributed by atoms with van der Waals surface area (Å²) in [5, 5.41) is 0. The van der Waals surface area contributed by atoms with Crippen LogP contribution in [-0.4, -0.2) is 12.6 Å². The summed E-state index contributed by atoms with van der Waals surface area (Å²) >= 11 is 0. The molecule has 0 aromatic heterocycles. The van der Waals surface area contributed by atoms with Crippen molar-refractivity contribution < 1.29 is 0 Å². The second-order valence-electron chi connectivity index (χ2n) is 9.55. The van der Waals surface area contributed by atoms with Gasteiger partial charge in [-0.05, 0) is 25.8 Å². The lowest BCUT2D eigenvalue weighted by molar-refractivity contribution is 0.495. The Balaban J connectivity index is 3.03. The van der Waals surface area contributed by atoms with E-state index in [0.29, 0.717) is 6.04 Å². The molecule has 0 aromatic rings. The summed E-state index contributed by atoms with van der Waals surface area (Å²) in [5.41, 5.74) is 11.6. The summed E-state index contributed by atoms with van der Waals surface area (Å²) in [6.45, 7) is 3.08. The van der Waals surface area contributed by atoms with Crippen molar-refractivity contribution in [2.75, 3.05) is 6.54 Å². The molecule has 0 aliphatic heterocycles. The Morgan fingerprint density at radius 1 is 0.414 bits per heavy atom. The quantitative estimate of drug-likeness (QED) is 0.148. The Bertz CT molecular complexity index is 280. The SMILES string of the molecule is CCCCCCCCCCCCCCCCCCCCCCCC(N)CCCN. The number of hydrogen-bond acceptors (Lipinski definition) is 2. The van der Waals surface area contributed by atoms with E-state index in [0.717, 1.165) is 19.4 Å². The molecule has 0 aliphatic rings. The average molecular weight is 411 g/mol. The van der Waals surface area contributed by atoms with Crippen LogP contribution in [0.4, 0.5) is 0 Å². The fraction of sp³-hybridized carbons (Fsp3) is 1.00. The molecule has 176 valence electrons. The average Bonchev–Trinajstić information content (AvgIpc) is 2.73. The molecular weight excluding hydrogens is 352 g/mol. The van der Waals surface area contributed by atoms with Crippen LogP contribution in [-0.2, 0) is 0 Å². The summed E-state index contributed by atoms with van der Waals surface area (Å²) < 4.78 is 0. The highest BCUT2D eigenvalue weighted by molar-refractivity contribution is 4.61. The molecule has 0 aromatic carbocycles. The topological polar surface area (TPSA) is 52.0 Å². The fourth-order valence-corrected chi connectivity index (χ4v) is 4.36. The van der Waals surface area contributed by atoms with Gasteiger partial charge in [-0.1, -0.05) is 142 Å². The molecule has 0 aliphatic carbocycles. The monoisotopic (exact) mass is 410 g/mol. The van der Waals surface area contributed by atoms with E-state index < -0.39 is 0 Å². The van der Waals surface area contributed by atoms with Crippen molar-refractivity contribution in [2.24, 2.45) is 11.5 Å². The summed E-state index contributed by atoms with van der Waals surface area (Å²) in [6, 6.07) is 0.388. The minimum Gasteiger partial charge on any atom is -0.330 e. The molecule has 29 heavy (non-hydrogen) atoms. The van der Waals surface area contributed by atoms with Crippen molar-refractivity contribution >= 4 is 0 Å². The van der Waals surface area contributed by atoms with Gasteiger partial charge in [0.25, 0.3) is 0 Å². The summed E-state index contributed by atoms with van der Waals surface area (Å²) in [7, 11) is 0. The number of rotatable bonds is 25. The first kappa shape index (κ1) is 28.9. The van der Waals surface area contributed by atoms with E-state index in [4.69, 9.17) is 11.5 Å². The standard InChI is InChI=1S/C27H58N2/c1-2-3-4-5-6-7-8-9-10-11-12-13-14-15-16-17-18-19-20-21-22-24-27(29)25-23-26-28/h27H,2-26,28-29H2,1H3. The van der Waals surface area contributed by atoms with E-state index >= 15 is 0 Å². The molecule has 0 saturated heterocycles. The van der Waals surface area contributed by atoms with Crippen molar-refractivity contribution in [1.82, 2.24) is 0 Å². The maximum Gasteiger partial charge on any atom is 0.00392 e. The van der Waals surface area contributed by atoms with Gasteiger partial charge in [0.05, 0.1) is 0 Å². The second-order valence-corrected chi connectivity index (χ2v) is 9.55. The first-order chi connectivity index (χ1) is 14.3. The highest BCUT2D eigenvalue weighted by Gasteiger charge is 2.01. The minimum absolute atomic E-state index is 0.388.